The number of hydrogen-bond acceptors (Lipinski definition) is 7. The van der Waals surface area contributed by atoms with Crippen LogP contribution in [0.1, 0.15) is 42.7 Å². The monoisotopic (exact) mass is 714 g/mol. The first-order valence-corrected chi connectivity index (χ1v) is 20.0. The Labute approximate surface area is 303 Å². The van der Waals surface area contributed by atoms with E-state index in [0.717, 1.165) is 42.1 Å². The van der Waals surface area contributed by atoms with Crippen LogP contribution in [0, 0.1) is 11.3 Å². The lowest BCUT2D eigenvalue weighted by atomic mass is 10.1. The number of phenolic OH excluding ortho intramolecular Hbond substituents is 1. The molecule has 0 saturated heterocycles. The Bertz CT molecular complexity index is 2000. The van der Waals surface area contributed by atoms with Crippen LogP contribution in [0.4, 0.5) is 0 Å². The molecule has 5 aromatic carbocycles. The molecule has 2 N–H and O–H groups in total. The van der Waals surface area contributed by atoms with Gasteiger partial charge in [0.05, 0.1) is 23.5 Å². The largest absolute Gasteiger partial charge is 0.504 e. The summed E-state index contributed by atoms with van der Waals surface area (Å²) >= 11 is 1.30. The second-order valence-electron chi connectivity index (χ2n) is 12.3. The number of carbonyl (C=O) groups excluding carboxylic acids is 1. The van der Waals surface area contributed by atoms with Gasteiger partial charge >= 0.3 is 0 Å². The summed E-state index contributed by atoms with van der Waals surface area (Å²) in [4.78, 5) is 17.1. The highest BCUT2D eigenvalue weighted by atomic mass is 32.1. The fraction of sp³-hybridized carbons (Fsp3) is 0.214. The lowest BCUT2D eigenvalue weighted by Gasteiger charge is -2.27. The van der Waals surface area contributed by atoms with Crippen molar-refractivity contribution in [2.24, 2.45) is 0 Å². The molecule has 0 aliphatic heterocycles. The van der Waals surface area contributed by atoms with Crippen LogP contribution in [-0.2, 0) is 11.2 Å². The molecule has 51 heavy (non-hydrogen) atoms. The van der Waals surface area contributed by atoms with Crippen LogP contribution >= 0.6 is 18.6 Å². The number of aromatic hydroxyl groups is 1. The van der Waals surface area contributed by atoms with Gasteiger partial charge in [-0.3, -0.25) is 4.79 Å². The number of phenols is 1. The van der Waals surface area contributed by atoms with Gasteiger partial charge in [0.2, 0.25) is 5.91 Å². The third-order valence-corrected chi connectivity index (χ3v) is 14.4. The number of rotatable bonds is 16. The van der Waals surface area contributed by atoms with Gasteiger partial charge in [0, 0.05) is 30.7 Å². The number of ether oxygens (including phenoxy) is 2. The van der Waals surface area contributed by atoms with E-state index in [9.17, 15) is 9.90 Å². The molecule has 0 radical (unpaired) electrons. The van der Waals surface area contributed by atoms with Crippen LogP contribution in [-0.4, -0.2) is 35.8 Å². The second kappa shape index (κ2) is 17.1. The number of aromatic nitrogens is 1. The third kappa shape index (κ3) is 8.57. The second-order valence-corrected chi connectivity index (χ2v) is 16.9. The Morgan fingerprint density at radius 1 is 0.824 bits per heavy atom. The highest BCUT2D eigenvalue weighted by molar-refractivity contribution is 7.95. The first kappa shape index (κ1) is 35.6. The van der Waals surface area contributed by atoms with E-state index in [1.165, 1.54) is 34.4 Å². The lowest BCUT2D eigenvalue weighted by Crippen LogP contribution is -2.33. The van der Waals surface area contributed by atoms with Gasteiger partial charge in [-0.1, -0.05) is 61.0 Å². The van der Waals surface area contributed by atoms with Gasteiger partial charge in [-0.05, 0) is 80.3 Å². The van der Waals surface area contributed by atoms with Crippen molar-refractivity contribution in [3.05, 3.63) is 132 Å². The molecule has 258 valence electrons. The van der Waals surface area contributed by atoms with Crippen LogP contribution in [0.25, 0.3) is 10.2 Å². The first-order valence-electron chi connectivity index (χ1n) is 17.2. The highest BCUT2D eigenvalue weighted by Crippen LogP contribution is 2.56. The number of hydrogen-bond donors (Lipinski definition) is 2. The normalized spacial score (nSPS) is 11.2. The Morgan fingerprint density at radius 2 is 1.45 bits per heavy atom. The molecule has 0 atom stereocenters. The number of thiazole rings is 1. The summed E-state index contributed by atoms with van der Waals surface area (Å²) in [5, 5.41) is 27.6. The summed E-state index contributed by atoms with van der Waals surface area (Å²) in [6.45, 7) is 0.612. The van der Waals surface area contributed by atoms with Crippen molar-refractivity contribution in [1.82, 2.24) is 10.3 Å². The number of carbonyl (C=O) groups is 1. The number of nitrogens with one attached hydrogen (secondary N) is 1. The molecule has 0 bridgehead atoms. The maximum absolute atomic E-state index is 12.8. The molecule has 1 aromatic heterocycles. The van der Waals surface area contributed by atoms with Gasteiger partial charge in [-0.25, -0.2) is 4.98 Å². The lowest BCUT2D eigenvalue weighted by molar-refractivity contribution is -0.121. The molecule has 1 amide bonds. The van der Waals surface area contributed by atoms with Gasteiger partial charge in [-0.15, -0.1) is 11.3 Å². The predicted molar refractivity (Wildman–Crippen MR) is 209 cm³/mol. The first-order chi connectivity index (χ1) is 25.0. The van der Waals surface area contributed by atoms with Gasteiger partial charge < -0.3 is 19.9 Å². The van der Waals surface area contributed by atoms with Crippen molar-refractivity contribution in [1.29, 1.82) is 5.26 Å². The predicted octanol–water partition coefficient (Wildman–Crippen LogP) is 8.28. The summed E-state index contributed by atoms with van der Waals surface area (Å²) in [7, 11) is -0.347. The van der Waals surface area contributed by atoms with Crippen LogP contribution in [0.2, 0.25) is 0 Å². The van der Waals surface area contributed by atoms with E-state index in [4.69, 9.17) is 14.7 Å². The minimum absolute atomic E-state index is 0.00496. The van der Waals surface area contributed by atoms with Crippen molar-refractivity contribution >= 4 is 50.6 Å². The Morgan fingerprint density at radius 3 is 2.06 bits per heavy atom. The summed E-state index contributed by atoms with van der Waals surface area (Å²) in [6.07, 6.45) is 5.76. The van der Waals surface area contributed by atoms with Gasteiger partial charge in [-0.2, -0.15) is 5.26 Å². The Hall–Kier alpha value is -5.22. The number of nitrogens with zero attached hydrogens (tertiary/aromatic N) is 2. The van der Waals surface area contributed by atoms with E-state index in [2.05, 4.69) is 107 Å². The molecular weight excluding hydrogens is 674 g/mol. The number of benzene rings is 5. The average Bonchev–Trinajstić information content (AvgIpc) is 3.60. The zero-order valence-corrected chi connectivity index (χ0v) is 30.3. The van der Waals surface area contributed by atoms with Crippen molar-refractivity contribution < 1.29 is 19.4 Å². The van der Waals surface area contributed by atoms with Gasteiger partial charge in [0.25, 0.3) is 0 Å². The molecule has 0 unspecified atom stereocenters. The maximum Gasteiger partial charge on any atom is 0.220 e. The highest BCUT2D eigenvalue weighted by Gasteiger charge is 2.44. The quantitative estimate of drug-likeness (QED) is 0.0773. The molecule has 0 aliphatic carbocycles. The van der Waals surface area contributed by atoms with Gasteiger partial charge in [0.1, 0.15) is 40.7 Å². The number of unbranched alkanes of at least 4 members (excludes halogenated alkanes) is 3. The fourth-order valence-corrected chi connectivity index (χ4v) is 11.7. The van der Waals surface area contributed by atoms with E-state index in [0.29, 0.717) is 35.0 Å². The smallest absolute Gasteiger partial charge is 0.220 e. The van der Waals surface area contributed by atoms with Crippen molar-refractivity contribution in [2.45, 2.75) is 38.5 Å². The summed E-state index contributed by atoms with van der Waals surface area (Å²) in [5.74, 6) is 1.25. The zero-order chi connectivity index (χ0) is 35.5. The molecule has 9 heteroatoms. The van der Waals surface area contributed by atoms with Crippen LogP contribution in [0.5, 0.6) is 23.0 Å². The number of amides is 1. The SMILES string of the molecule is COc1cc(Oc2ccc3nc(C#N)sc3c2)cc(CCC(=O)NCCCCCC[P+](c2ccccc2)(c2ccccc2)c2ccccc2)c1O. The topological polar surface area (TPSA) is 104 Å². The molecule has 1 heterocycles. The number of aryl methyl sites for hydroxylation is 1. The van der Waals surface area contributed by atoms with E-state index < -0.39 is 7.26 Å². The van der Waals surface area contributed by atoms with Crippen molar-refractivity contribution in [2.75, 3.05) is 19.8 Å². The summed E-state index contributed by atoms with van der Waals surface area (Å²) in [5.41, 5.74) is 1.30. The molecule has 0 aliphatic rings. The number of methoxy groups -OCH3 is 1. The van der Waals surface area contributed by atoms with Crippen LogP contribution in [0.3, 0.4) is 0 Å². The summed E-state index contributed by atoms with van der Waals surface area (Å²) < 4.78 is 12.3. The van der Waals surface area contributed by atoms with Crippen LogP contribution < -0.4 is 30.7 Å². The fourth-order valence-electron chi connectivity index (χ4n) is 6.47. The van der Waals surface area contributed by atoms with Crippen LogP contribution in [0.15, 0.2) is 121 Å². The van der Waals surface area contributed by atoms with E-state index >= 15 is 0 Å². The molecule has 6 aromatic rings. The van der Waals surface area contributed by atoms with Crippen molar-refractivity contribution in [3.8, 4) is 29.1 Å². The Kier molecular flexibility index (Phi) is 12.0. The standard InChI is InChI=1S/C42H40N3O4PS/c1-48-38-28-33(49-32-22-23-37-39(29-32)51-41(30-43)45-37)27-31(42(38)47)21-24-40(46)44-25-13-2-3-14-26-50(34-15-7-4-8-16-34,35-17-9-5-10-18-35)36-19-11-6-12-20-36/h4-12,15-20,22-23,27-29H,2-3,13-14,21,24-26H2,1H3,(H-,44,46,47)/p+1. The minimum Gasteiger partial charge on any atom is -0.504 e. The van der Waals surface area contributed by atoms with E-state index in [-0.39, 0.29) is 23.8 Å². The zero-order valence-electron chi connectivity index (χ0n) is 28.6. The molecular formula is C42H41N3O4PS+. The Balaban J connectivity index is 1.01. The van der Waals surface area contributed by atoms with Gasteiger partial charge in [0.15, 0.2) is 16.5 Å². The third-order valence-electron chi connectivity index (χ3n) is 8.99. The minimum atomic E-state index is -1.83. The average molecular weight is 715 g/mol. The molecule has 0 spiro atoms. The van der Waals surface area contributed by atoms with E-state index in [1.54, 1.807) is 24.3 Å². The number of fused-ring (bicyclic) bond motifs is 1. The molecule has 0 saturated carbocycles. The maximum atomic E-state index is 12.8. The number of nitriles is 1. The van der Waals surface area contributed by atoms with E-state index in [1.807, 2.05) is 6.07 Å². The summed E-state index contributed by atoms with van der Waals surface area (Å²) in [6, 6.07) is 43.7. The molecule has 6 rings (SSSR count). The molecule has 7 nitrogen and oxygen atoms in total. The van der Waals surface area contributed by atoms with Crippen molar-refractivity contribution in [3.63, 3.8) is 0 Å². The molecule has 0 fully saturated rings.